The van der Waals surface area contributed by atoms with Crippen LogP contribution in [-0.2, 0) is 16.6 Å². The van der Waals surface area contributed by atoms with E-state index in [0.717, 1.165) is 0 Å². The van der Waals surface area contributed by atoms with Crippen LogP contribution in [0.15, 0.2) is 47.4 Å². The first kappa shape index (κ1) is 18.1. The first-order valence-electron chi connectivity index (χ1n) is 7.47. The highest BCUT2D eigenvalue weighted by Gasteiger charge is 2.17. The lowest BCUT2D eigenvalue weighted by Crippen LogP contribution is -2.26. The quantitative estimate of drug-likeness (QED) is 0.840. The number of rotatable bonds is 6. The van der Waals surface area contributed by atoms with Crippen LogP contribution < -0.4 is 10.0 Å². The van der Waals surface area contributed by atoms with E-state index < -0.39 is 21.7 Å². The number of hydrogen-bond acceptors (Lipinski definition) is 3. The second kappa shape index (κ2) is 7.55. The number of halogens is 1. The number of benzene rings is 2. The van der Waals surface area contributed by atoms with E-state index in [-0.39, 0.29) is 23.5 Å². The maximum absolute atomic E-state index is 13.6. The Labute approximate surface area is 141 Å². The molecule has 1 amide bonds. The van der Waals surface area contributed by atoms with Crippen molar-refractivity contribution >= 4 is 15.9 Å². The highest BCUT2D eigenvalue weighted by atomic mass is 32.2. The van der Waals surface area contributed by atoms with Crippen molar-refractivity contribution in [3.05, 3.63) is 65.0 Å². The van der Waals surface area contributed by atoms with Crippen molar-refractivity contribution in [1.82, 2.24) is 10.0 Å². The Bertz CT molecular complexity index is 851. The number of hydrogen-bond donors (Lipinski definition) is 2. The van der Waals surface area contributed by atoms with Crippen LogP contribution in [0.25, 0.3) is 0 Å². The number of carbonyl (C=O) groups is 1. The summed E-state index contributed by atoms with van der Waals surface area (Å²) in [4.78, 5) is 12.4. The average molecular weight is 350 g/mol. The molecule has 2 aromatic rings. The molecule has 0 unspecified atom stereocenters. The summed E-state index contributed by atoms with van der Waals surface area (Å²) in [6.07, 6.45) is 0. The van der Waals surface area contributed by atoms with Gasteiger partial charge in [0.2, 0.25) is 10.0 Å². The molecule has 2 aromatic carbocycles. The molecule has 0 atom stereocenters. The third kappa shape index (κ3) is 4.18. The van der Waals surface area contributed by atoms with Crippen LogP contribution in [0.3, 0.4) is 0 Å². The smallest absolute Gasteiger partial charge is 0.251 e. The molecular weight excluding hydrogens is 331 g/mol. The normalized spacial score (nSPS) is 11.3. The second-order valence-electron chi connectivity index (χ2n) is 5.25. The molecule has 2 rings (SSSR count). The lowest BCUT2D eigenvalue weighted by Gasteiger charge is -2.11. The monoisotopic (exact) mass is 350 g/mol. The van der Waals surface area contributed by atoms with E-state index in [1.165, 1.54) is 18.2 Å². The van der Waals surface area contributed by atoms with Crippen molar-refractivity contribution in [2.45, 2.75) is 25.3 Å². The molecular formula is C17H19FN2O3S. The van der Waals surface area contributed by atoms with Crippen molar-refractivity contribution in [1.29, 1.82) is 0 Å². The van der Waals surface area contributed by atoms with Gasteiger partial charge in [0.1, 0.15) is 5.82 Å². The molecule has 24 heavy (non-hydrogen) atoms. The number of amides is 1. The molecule has 0 saturated heterocycles. The molecule has 0 spiro atoms. The molecule has 0 aliphatic carbocycles. The van der Waals surface area contributed by atoms with Crippen molar-refractivity contribution in [2.24, 2.45) is 0 Å². The number of carbonyl (C=O) groups excluding carboxylic acids is 1. The van der Waals surface area contributed by atoms with Gasteiger partial charge in [0.25, 0.3) is 5.91 Å². The summed E-state index contributed by atoms with van der Waals surface area (Å²) in [6, 6.07) is 10.5. The third-order valence-electron chi connectivity index (χ3n) is 3.50. The zero-order chi connectivity index (χ0) is 17.7. The van der Waals surface area contributed by atoms with Gasteiger partial charge in [-0.2, -0.15) is 0 Å². The predicted octanol–water partition coefficient (Wildman–Crippen LogP) is 2.36. The van der Waals surface area contributed by atoms with Crippen LogP contribution in [0.2, 0.25) is 0 Å². The van der Waals surface area contributed by atoms with E-state index >= 15 is 0 Å². The Kier molecular flexibility index (Phi) is 5.69. The van der Waals surface area contributed by atoms with Gasteiger partial charge in [-0.1, -0.05) is 31.2 Å². The van der Waals surface area contributed by atoms with Crippen LogP contribution in [0.4, 0.5) is 4.39 Å². The Hall–Kier alpha value is -2.25. The molecule has 0 aromatic heterocycles. The van der Waals surface area contributed by atoms with Crippen LogP contribution in [-0.4, -0.2) is 20.9 Å². The van der Waals surface area contributed by atoms with Gasteiger partial charge in [-0.05, 0) is 30.7 Å². The van der Waals surface area contributed by atoms with Crippen LogP contribution >= 0.6 is 0 Å². The van der Waals surface area contributed by atoms with Gasteiger partial charge < -0.3 is 5.32 Å². The predicted molar refractivity (Wildman–Crippen MR) is 89.6 cm³/mol. The van der Waals surface area contributed by atoms with E-state index in [0.29, 0.717) is 11.1 Å². The van der Waals surface area contributed by atoms with Crippen LogP contribution in [0, 0.1) is 12.7 Å². The number of aryl methyl sites for hydroxylation is 1. The summed E-state index contributed by atoms with van der Waals surface area (Å²) in [6.45, 7) is 3.66. The summed E-state index contributed by atoms with van der Waals surface area (Å²) >= 11 is 0. The topological polar surface area (TPSA) is 75.3 Å². The molecule has 2 N–H and O–H groups in total. The zero-order valence-corrected chi connectivity index (χ0v) is 14.3. The van der Waals surface area contributed by atoms with Crippen molar-refractivity contribution < 1.29 is 17.6 Å². The molecule has 128 valence electrons. The fourth-order valence-electron chi connectivity index (χ4n) is 2.20. The summed E-state index contributed by atoms with van der Waals surface area (Å²) in [7, 11) is -3.65. The van der Waals surface area contributed by atoms with Gasteiger partial charge in [-0.15, -0.1) is 0 Å². The van der Waals surface area contributed by atoms with Gasteiger partial charge in [-0.25, -0.2) is 17.5 Å². The maximum atomic E-state index is 13.6. The summed E-state index contributed by atoms with van der Waals surface area (Å²) in [5.74, 6) is -0.859. The largest absolute Gasteiger partial charge is 0.348 e. The van der Waals surface area contributed by atoms with Crippen molar-refractivity contribution in [3.63, 3.8) is 0 Å². The molecule has 5 nitrogen and oxygen atoms in total. The Balaban J connectivity index is 2.22. The summed E-state index contributed by atoms with van der Waals surface area (Å²) in [5, 5.41) is 2.61. The summed E-state index contributed by atoms with van der Waals surface area (Å²) in [5.41, 5.74) is 1.24. The van der Waals surface area contributed by atoms with E-state index in [1.807, 2.05) is 0 Å². The van der Waals surface area contributed by atoms with Gasteiger partial charge in [0.15, 0.2) is 0 Å². The molecule has 7 heteroatoms. The van der Waals surface area contributed by atoms with E-state index in [1.54, 1.807) is 38.1 Å². The number of nitrogens with one attached hydrogen (secondary N) is 2. The van der Waals surface area contributed by atoms with E-state index in [9.17, 15) is 17.6 Å². The minimum absolute atomic E-state index is 0.0194. The fourth-order valence-corrected chi connectivity index (χ4v) is 3.27. The van der Waals surface area contributed by atoms with Gasteiger partial charge in [0, 0.05) is 24.2 Å². The maximum Gasteiger partial charge on any atom is 0.251 e. The first-order valence-corrected chi connectivity index (χ1v) is 8.95. The molecule has 0 aliphatic rings. The first-order chi connectivity index (χ1) is 11.3. The van der Waals surface area contributed by atoms with Gasteiger partial charge in [-0.3, -0.25) is 4.79 Å². The van der Waals surface area contributed by atoms with E-state index in [4.69, 9.17) is 0 Å². The molecule has 0 fully saturated rings. The molecule has 0 heterocycles. The zero-order valence-electron chi connectivity index (χ0n) is 13.5. The second-order valence-corrected chi connectivity index (χ2v) is 7.02. The molecule has 0 aliphatic heterocycles. The van der Waals surface area contributed by atoms with Crippen molar-refractivity contribution in [2.75, 3.05) is 6.54 Å². The molecule has 0 saturated carbocycles. The Morgan fingerprint density at radius 3 is 2.54 bits per heavy atom. The lowest BCUT2D eigenvalue weighted by molar-refractivity contribution is 0.0950. The third-order valence-corrected chi connectivity index (χ3v) is 5.04. The minimum Gasteiger partial charge on any atom is -0.348 e. The minimum atomic E-state index is -3.65. The van der Waals surface area contributed by atoms with Gasteiger partial charge >= 0.3 is 0 Å². The number of sulfonamides is 1. The standard InChI is InChI=1S/C17H19FN2O3S/c1-3-20-24(22,23)14-9-8-12(2)15(10-14)17(21)19-11-13-6-4-5-7-16(13)18/h4-10,20H,3,11H2,1-2H3,(H,19,21). The van der Waals surface area contributed by atoms with Crippen LogP contribution in [0.5, 0.6) is 0 Å². The average Bonchev–Trinajstić information content (AvgIpc) is 2.54. The highest BCUT2D eigenvalue weighted by Crippen LogP contribution is 2.16. The summed E-state index contributed by atoms with van der Waals surface area (Å²) < 4.78 is 40.1. The Morgan fingerprint density at radius 1 is 1.17 bits per heavy atom. The Morgan fingerprint density at radius 2 is 1.88 bits per heavy atom. The van der Waals surface area contributed by atoms with Crippen molar-refractivity contribution in [3.8, 4) is 0 Å². The molecule has 0 radical (unpaired) electrons. The highest BCUT2D eigenvalue weighted by molar-refractivity contribution is 7.89. The SMILES string of the molecule is CCNS(=O)(=O)c1ccc(C)c(C(=O)NCc2ccccc2F)c1. The molecule has 0 bridgehead atoms. The van der Waals surface area contributed by atoms with Crippen LogP contribution in [0.1, 0.15) is 28.4 Å². The van der Waals surface area contributed by atoms with E-state index in [2.05, 4.69) is 10.0 Å². The lowest BCUT2D eigenvalue weighted by atomic mass is 10.1. The fraction of sp³-hybridized carbons (Fsp3) is 0.235. The van der Waals surface area contributed by atoms with Gasteiger partial charge in [0.05, 0.1) is 4.90 Å².